The molecule has 0 N–H and O–H groups in total. The van der Waals surface area contributed by atoms with E-state index in [2.05, 4.69) is 6.92 Å². The van der Waals surface area contributed by atoms with Crippen LogP contribution in [0.15, 0.2) is 45.6 Å². The van der Waals surface area contributed by atoms with Crippen LogP contribution in [0.25, 0.3) is 11.0 Å². The van der Waals surface area contributed by atoms with Crippen LogP contribution in [0.3, 0.4) is 0 Å². The lowest BCUT2D eigenvalue weighted by molar-refractivity contribution is 0.0921. The molecule has 0 bridgehead atoms. The number of Topliss-reactive ketones (excluding diaryl/α,β-unsaturated/α-hetero) is 1. The third kappa shape index (κ3) is 5.16. The molecule has 5 nitrogen and oxygen atoms in total. The first-order valence-corrected chi connectivity index (χ1v) is 10.8. The van der Waals surface area contributed by atoms with Gasteiger partial charge in [0, 0.05) is 22.1 Å². The van der Waals surface area contributed by atoms with E-state index < -0.39 is 0 Å². The molecule has 31 heavy (non-hydrogen) atoms. The van der Waals surface area contributed by atoms with Crippen molar-refractivity contribution in [3.8, 4) is 11.5 Å². The molecule has 0 amide bonds. The number of methoxy groups -OCH3 is 1. The van der Waals surface area contributed by atoms with Crippen LogP contribution >= 0.6 is 0 Å². The van der Waals surface area contributed by atoms with E-state index in [-0.39, 0.29) is 18.0 Å². The topological polar surface area (TPSA) is 65.7 Å². The van der Waals surface area contributed by atoms with Crippen LogP contribution in [-0.4, -0.2) is 19.5 Å². The molecule has 0 aliphatic rings. The highest BCUT2D eigenvalue weighted by Gasteiger charge is 2.16. The van der Waals surface area contributed by atoms with Crippen molar-refractivity contribution in [1.29, 1.82) is 0 Å². The average Bonchev–Trinajstić information content (AvgIpc) is 2.78. The molecule has 0 unspecified atom stereocenters. The lowest BCUT2D eigenvalue weighted by atomic mass is 9.99. The van der Waals surface area contributed by atoms with Crippen LogP contribution < -0.4 is 15.1 Å². The minimum absolute atomic E-state index is 0.0998. The summed E-state index contributed by atoms with van der Waals surface area (Å²) in [4.78, 5) is 25.1. The predicted molar refractivity (Wildman–Crippen MR) is 123 cm³/mol. The Morgan fingerprint density at radius 3 is 2.39 bits per heavy atom. The van der Waals surface area contributed by atoms with E-state index in [9.17, 15) is 9.59 Å². The fourth-order valence-corrected chi connectivity index (χ4v) is 3.75. The molecule has 3 aromatic rings. The van der Waals surface area contributed by atoms with Gasteiger partial charge in [-0.05, 0) is 68.7 Å². The molecule has 1 aromatic heterocycles. The second-order valence-corrected chi connectivity index (χ2v) is 7.81. The number of hydrogen-bond acceptors (Lipinski definition) is 5. The van der Waals surface area contributed by atoms with Gasteiger partial charge in [-0.15, -0.1) is 0 Å². The molecule has 2 aromatic carbocycles. The molecule has 0 atom stereocenters. The minimum Gasteiger partial charge on any atom is -0.497 e. The van der Waals surface area contributed by atoms with E-state index >= 15 is 0 Å². The van der Waals surface area contributed by atoms with Crippen LogP contribution in [0.4, 0.5) is 0 Å². The third-order valence-electron chi connectivity index (χ3n) is 5.71. The summed E-state index contributed by atoms with van der Waals surface area (Å²) in [5.74, 6) is 1.09. The molecule has 1 heterocycles. The van der Waals surface area contributed by atoms with Crippen molar-refractivity contribution in [1.82, 2.24) is 0 Å². The molecule has 0 radical (unpaired) electrons. The van der Waals surface area contributed by atoms with Gasteiger partial charge < -0.3 is 13.9 Å². The van der Waals surface area contributed by atoms with Crippen molar-refractivity contribution in [2.24, 2.45) is 0 Å². The molecule has 0 saturated heterocycles. The summed E-state index contributed by atoms with van der Waals surface area (Å²) in [7, 11) is 1.58. The van der Waals surface area contributed by atoms with Crippen LogP contribution in [0.2, 0.25) is 0 Å². The van der Waals surface area contributed by atoms with E-state index in [0.717, 1.165) is 47.8 Å². The lowest BCUT2D eigenvalue weighted by Crippen LogP contribution is -2.13. The van der Waals surface area contributed by atoms with Crippen molar-refractivity contribution in [2.75, 3.05) is 13.7 Å². The smallest absolute Gasteiger partial charge is 0.339 e. The summed E-state index contributed by atoms with van der Waals surface area (Å²) in [6.45, 7) is 5.89. The van der Waals surface area contributed by atoms with Gasteiger partial charge in [0.05, 0.1) is 7.11 Å². The van der Waals surface area contributed by atoms with Crippen LogP contribution in [0, 0.1) is 13.8 Å². The molecule has 0 aliphatic carbocycles. The van der Waals surface area contributed by atoms with Crippen molar-refractivity contribution in [3.63, 3.8) is 0 Å². The van der Waals surface area contributed by atoms with E-state index in [1.165, 1.54) is 6.42 Å². The highest BCUT2D eigenvalue weighted by Crippen LogP contribution is 2.30. The maximum atomic E-state index is 12.6. The normalized spacial score (nSPS) is 11.0. The molecule has 0 fully saturated rings. The van der Waals surface area contributed by atoms with Crippen LogP contribution in [-0.2, 0) is 6.42 Å². The first kappa shape index (κ1) is 22.6. The Kier molecular flexibility index (Phi) is 7.50. The Morgan fingerprint density at radius 2 is 1.71 bits per heavy atom. The zero-order valence-electron chi connectivity index (χ0n) is 18.7. The Labute approximate surface area is 183 Å². The van der Waals surface area contributed by atoms with Gasteiger partial charge in [0.25, 0.3) is 0 Å². The number of ketones is 1. The maximum absolute atomic E-state index is 12.6. The zero-order chi connectivity index (χ0) is 22.4. The van der Waals surface area contributed by atoms with Gasteiger partial charge in [-0.1, -0.05) is 26.2 Å². The van der Waals surface area contributed by atoms with Gasteiger partial charge in [0.2, 0.25) is 0 Å². The van der Waals surface area contributed by atoms with Gasteiger partial charge in [0.15, 0.2) is 12.4 Å². The summed E-state index contributed by atoms with van der Waals surface area (Å²) in [6, 6.07) is 10.7. The van der Waals surface area contributed by atoms with Crippen molar-refractivity contribution >= 4 is 16.8 Å². The van der Waals surface area contributed by atoms with Crippen LogP contribution in [0.5, 0.6) is 11.5 Å². The second-order valence-electron chi connectivity index (χ2n) is 7.81. The molecule has 164 valence electrons. The monoisotopic (exact) mass is 422 g/mol. The summed E-state index contributed by atoms with van der Waals surface area (Å²) >= 11 is 0. The number of ether oxygens (including phenoxy) is 2. The summed E-state index contributed by atoms with van der Waals surface area (Å²) < 4.78 is 16.6. The first-order valence-electron chi connectivity index (χ1n) is 10.8. The van der Waals surface area contributed by atoms with E-state index in [0.29, 0.717) is 22.6 Å². The first-order chi connectivity index (χ1) is 15.0. The molecule has 0 spiro atoms. The third-order valence-corrected chi connectivity index (χ3v) is 5.71. The highest BCUT2D eigenvalue weighted by atomic mass is 16.5. The number of benzene rings is 2. The minimum atomic E-state index is -0.281. The van der Waals surface area contributed by atoms with Crippen molar-refractivity contribution in [3.05, 3.63) is 69.1 Å². The number of fused-ring (bicyclic) bond motifs is 1. The molecule has 0 aliphatic heterocycles. The van der Waals surface area contributed by atoms with E-state index in [1.54, 1.807) is 31.4 Å². The number of hydrogen-bond donors (Lipinski definition) is 0. The number of unbranched alkanes of at least 4 members (excludes halogenated alkanes) is 3. The fourth-order valence-electron chi connectivity index (χ4n) is 3.75. The van der Waals surface area contributed by atoms with Gasteiger partial charge in [-0.3, -0.25) is 4.79 Å². The number of carbonyl (C=O) groups is 1. The van der Waals surface area contributed by atoms with Gasteiger partial charge in [0.1, 0.15) is 17.1 Å². The van der Waals surface area contributed by atoms with Gasteiger partial charge >= 0.3 is 5.63 Å². The molecular weight excluding hydrogens is 392 g/mol. The molecular formula is C26H30O5. The van der Waals surface area contributed by atoms with Crippen molar-refractivity contribution in [2.45, 2.75) is 52.9 Å². The predicted octanol–water partition coefficient (Wildman–Crippen LogP) is 5.80. The van der Waals surface area contributed by atoms with E-state index in [1.807, 2.05) is 26.0 Å². The Balaban J connectivity index is 1.78. The number of aryl methyl sites for hydroxylation is 2. The largest absolute Gasteiger partial charge is 0.497 e. The summed E-state index contributed by atoms with van der Waals surface area (Å²) in [5.41, 5.74) is 3.23. The second kappa shape index (κ2) is 10.3. The fraction of sp³-hybridized carbons (Fsp3) is 0.385. The average molecular weight is 423 g/mol. The summed E-state index contributed by atoms with van der Waals surface area (Å²) in [5, 5.41) is 0.913. The maximum Gasteiger partial charge on any atom is 0.339 e. The van der Waals surface area contributed by atoms with Gasteiger partial charge in [-0.25, -0.2) is 4.79 Å². The molecule has 3 rings (SSSR count). The van der Waals surface area contributed by atoms with Crippen LogP contribution in [0.1, 0.15) is 59.7 Å². The van der Waals surface area contributed by atoms with Crippen molar-refractivity contribution < 1.29 is 18.7 Å². The SMILES string of the molecule is CCCCCCc1c(C)c2ccc(OCC(=O)c3ccc(OC)cc3)c(C)c2oc1=O. The highest BCUT2D eigenvalue weighted by molar-refractivity contribution is 5.97. The number of carbonyl (C=O) groups excluding carboxylic acids is 1. The Bertz CT molecular complexity index is 1110. The quantitative estimate of drug-likeness (QED) is 0.235. The zero-order valence-corrected chi connectivity index (χ0v) is 18.7. The molecule has 0 saturated carbocycles. The van der Waals surface area contributed by atoms with Gasteiger partial charge in [-0.2, -0.15) is 0 Å². The summed E-state index contributed by atoms with van der Waals surface area (Å²) in [6.07, 6.45) is 5.17. The van der Waals surface area contributed by atoms with E-state index in [4.69, 9.17) is 13.9 Å². The Morgan fingerprint density at radius 1 is 0.968 bits per heavy atom. The number of rotatable bonds is 10. The Hall–Kier alpha value is -3.08. The lowest BCUT2D eigenvalue weighted by Gasteiger charge is -2.13. The molecule has 5 heteroatoms. The standard InChI is InChI=1S/C26H30O5/c1-5-6-7-8-9-22-17(2)21-14-15-24(18(3)25(21)31-26(22)28)30-16-23(27)19-10-12-20(29-4)13-11-19/h10-15H,5-9,16H2,1-4H3.